The van der Waals surface area contributed by atoms with E-state index >= 15 is 0 Å². The number of amides is 3. The van der Waals surface area contributed by atoms with Crippen molar-refractivity contribution >= 4 is 23.5 Å². The van der Waals surface area contributed by atoms with Crippen molar-refractivity contribution in [1.29, 1.82) is 0 Å². The average molecular weight is 399 g/mol. The van der Waals surface area contributed by atoms with Crippen LogP contribution in [0.3, 0.4) is 0 Å². The van der Waals surface area contributed by atoms with Gasteiger partial charge in [0.2, 0.25) is 17.7 Å². The number of likely N-dealkylation sites (tertiary alicyclic amines) is 2. The van der Waals surface area contributed by atoms with Gasteiger partial charge in [-0.15, -0.1) is 0 Å². The second kappa shape index (κ2) is 8.51. The summed E-state index contributed by atoms with van der Waals surface area (Å²) in [6.07, 6.45) is 6.86. The van der Waals surface area contributed by atoms with Gasteiger partial charge in [0.1, 0.15) is 5.82 Å². The molecule has 1 atom stereocenters. The number of hydrogen-bond acceptors (Lipinski definition) is 4. The third kappa shape index (κ3) is 4.77. The summed E-state index contributed by atoms with van der Waals surface area (Å²) in [5, 5.41) is 2.88. The second-order valence-electron chi connectivity index (χ2n) is 8.71. The van der Waals surface area contributed by atoms with Crippen LogP contribution >= 0.6 is 0 Å². The molecule has 4 rings (SSSR count). The number of pyridine rings is 1. The minimum absolute atomic E-state index is 0.0289. The highest BCUT2D eigenvalue weighted by Gasteiger charge is 2.37. The van der Waals surface area contributed by atoms with E-state index in [1.165, 1.54) is 0 Å². The molecule has 7 nitrogen and oxygen atoms in total. The first-order valence-corrected chi connectivity index (χ1v) is 10.8. The molecule has 1 N–H and O–H groups in total. The summed E-state index contributed by atoms with van der Waals surface area (Å²) in [6.45, 7) is 4.51. The molecule has 2 aliphatic heterocycles. The zero-order valence-corrected chi connectivity index (χ0v) is 17.1. The minimum atomic E-state index is -0.202. The van der Waals surface area contributed by atoms with Gasteiger partial charge in [-0.05, 0) is 57.1 Å². The fraction of sp³-hybridized carbons (Fsp3) is 0.636. The third-order valence-corrected chi connectivity index (χ3v) is 6.35. The maximum absolute atomic E-state index is 13.0. The zero-order chi connectivity index (χ0) is 20.4. The highest BCUT2D eigenvalue weighted by Crippen LogP contribution is 2.33. The Bertz CT molecular complexity index is 767. The maximum Gasteiger partial charge on any atom is 0.230 e. The van der Waals surface area contributed by atoms with Crippen molar-refractivity contribution in [2.75, 3.05) is 31.5 Å². The number of nitrogens with zero attached hydrogens (tertiary/aromatic N) is 3. The fourth-order valence-corrected chi connectivity index (χ4v) is 4.35. The van der Waals surface area contributed by atoms with E-state index in [2.05, 4.69) is 10.3 Å². The molecule has 0 radical (unpaired) electrons. The number of anilines is 1. The summed E-state index contributed by atoms with van der Waals surface area (Å²) in [4.78, 5) is 45.9. The van der Waals surface area contributed by atoms with Gasteiger partial charge >= 0.3 is 0 Å². The molecular formula is C22H30N4O3. The molecule has 2 saturated heterocycles. The number of aryl methyl sites for hydroxylation is 1. The molecule has 1 saturated carbocycles. The van der Waals surface area contributed by atoms with E-state index in [9.17, 15) is 14.4 Å². The van der Waals surface area contributed by atoms with Gasteiger partial charge in [-0.2, -0.15) is 0 Å². The van der Waals surface area contributed by atoms with Gasteiger partial charge in [0.25, 0.3) is 0 Å². The summed E-state index contributed by atoms with van der Waals surface area (Å²) in [5.41, 5.74) is 1.04. The molecule has 7 heteroatoms. The standard InChI is InChI=1S/C22H30N4O3/c1-15-4-7-19(23-13-15)24-20(27)18-3-2-10-26(14-18)22(29)17-8-11-25(12-9-17)21(28)16-5-6-16/h4,7,13,16-18H,2-3,5-6,8-12,14H2,1H3,(H,23,24,27). The van der Waals surface area contributed by atoms with Crippen molar-refractivity contribution in [3.8, 4) is 0 Å². The van der Waals surface area contributed by atoms with E-state index in [1.54, 1.807) is 12.3 Å². The summed E-state index contributed by atoms with van der Waals surface area (Å²) >= 11 is 0. The van der Waals surface area contributed by atoms with Crippen molar-refractivity contribution in [2.24, 2.45) is 17.8 Å². The lowest BCUT2D eigenvalue weighted by Gasteiger charge is -2.37. The van der Waals surface area contributed by atoms with Gasteiger partial charge in [0, 0.05) is 44.2 Å². The number of piperidine rings is 2. The number of nitrogens with one attached hydrogen (secondary N) is 1. The minimum Gasteiger partial charge on any atom is -0.342 e. The van der Waals surface area contributed by atoms with Gasteiger partial charge in [-0.25, -0.2) is 4.98 Å². The van der Waals surface area contributed by atoms with Crippen molar-refractivity contribution in [2.45, 2.75) is 45.4 Å². The predicted molar refractivity (Wildman–Crippen MR) is 109 cm³/mol. The maximum atomic E-state index is 13.0. The van der Waals surface area contributed by atoms with Gasteiger partial charge in [-0.1, -0.05) is 6.07 Å². The number of aromatic nitrogens is 1. The first-order chi connectivity index (χ1) is 14.0. The molecule has 3 amide bonds. The number of carbonyl (C=O) groups is 3. The van der Waals surface area contributed by atoms with E-state index in [0.29, 0.717) is 32.0 Å². The van der Waals surface area contributed by atoms with E-state index in [1.807, 2.05) is 22.8 Å². The van der Waals surface area contributed by atoms with Crippen molar-refractivity contribution in [3.05, 3.63) is 23.9 Å². The zero-order valence-electron chi connectivity index (χ0n) is 17.1. The van der Waals surface area contributed by atoms with Gasteiger partial charge < -0.3 is 15.1 Å². The van der Waals surface area contributed by atoms with Crippen LogP contribution in [0, 0.1) is 24.7 Å². The molecule has 0 aromatic carbocycles. The largest absolute Gasteiger partial charge is 0.342 e. The van der Waals surface area contributed by atoms with Crippen LogP contribution in [0.1, 0.15) is 44.1 Å². The van der Waals surface area contributed by atoms with Gasteiger partial charge in [0.05, 0.1) is 5.92 Å². The van der Waals surface area contributed by atoms with Crippen molar-refractivity contribution in [3.63, 3.8) is 0 Å². The number of rotatable bonds is 4. The van der Waals surface area contributed by atoms with Crippen LogP contribution < -0.4 is 5.32 Å². The Balaban J connectivity index is 1.28. The summed E-state index contributed by atoms with van der Waals surface area (Å²) in [7, 11) is 0. The van der Waals surface area contributed by atoms with Crippen LogP contribution in [0.15, 0.2) is 18.3 Å². The second-order valence-corrected chi connectivity index (χ2v) is 8.71. The smallest absolute Gasteiger partial charge is 0.230 e. The Hall–Kier alpha value is -2.44. The Kier molecular flexibility index (Phi) is 5.83. The fourth-order valence-electron chi connectivity index (χ4n) is 4.35. The van der Waals surface area contributed by atoms with Crippen LogP contribution in [-0.2, 0) is 14.4 Å². The van der Waals surface area contributed by atoms with E-state index in [0.717, 1.165) is 44.1 Å². The molecule has 3 aliphatic rings. The monoisotopic (exact) mass is 398 g/mol. The van der Waals surface area contributed by atoms with Crippen molar-refractivity contribution in [1.82, 2.24) is 14.8 Å². The molecule has 0 bridgehead atoms. The first kappa shape index (κ1) is 19.9. The number of carbonyl (C=O) groups excluding carboxylic acids is 3. The first-order valence-electron chi connectivity index (χ1n) is 10.8. The van der Waals surface area contributed by atoms with Crippen LogP contribution in [0.5, 0.6) is 0 Å². The van der Waals surface area contributed by atoms with E-state index in [4.69, 9.17) is 0 Å². The van der Waals surface area contributed by atoms with Crippen molar-refractivity contribution < 1.29 is 14.4 Å². The third-order valence-electron chi connectivity index (χ3n) is 6.35. The Morgan fingerprint density at radius 3 is 2.24 bits per heavy atom. The summed E-state index contributed by atoms with van der Waals surface area (Å²) in [6, 6.07) is 3.72. The summed E-state index contributed by atoms with van der Waals surface area (Å²) < 4.78 is 0. The van der Waals surface area contributed by atoms with Crippen LogP contribution in [0.4, 0.5) is 5.82 Å². The molecule has 1 aromatic rings. The Morgan fingerprint density at radius 2 is 1.59 bits per heavy atom. The molecule has 29 heavy (non-hydrogen) atoms. The molecule has 1 aliphatic carbocycles. The van der Waals surface area contributed by atoms with Crippen LogP contribution in [-0.4, -0.2) is 58.7 Å². The highest BCUT2D eigenvalue weighted by molar-refractivity contribution is 5.92. The molecule has 3 heterocycles. The molecule has 3 fully saturated rings. The van der Waals surface area contributed by atoms with E-state index in [-0.39, 0.29) is 35.5 Å². The lowest BCUT2D eigenvalue weighted by molar-refractivity contribution is -0.143. The van der Waals surface area contributed by atoms with Crippen LogP contribution in [0.2, 0.25) is 0 Å². The summed E-state index contributed by atoms with van der Waals surface area (Å²) in [5.74, 6) is 0.919. The molecular weight excluding hydrogens is 368 g/mol. The van der Waals surface area contributed by atoms with E-state index < -0.39 is 0 Å². The molecule has 1 aromatic heterocycles. The van der Waals surface area contributed by atoms with Gasteiger partial charge in [-0.3, -0.25) is 14.4 Å². The lowest BCUT2D eigenvalue weighted by atomic mass is 9.91. The average Bonchev–Trinajstić information content (AvgIpc) is 3.60. The topological polar surface area (TPSA) is 82.6 Å². The quantitative estimate of drug-likeness (QED) is 0.843. The Morgan fingerprint density at radius 1 is 0.897 bits per heavy atom. The van der Waals surface area contributed by atoms with Crippen LogP contribution in [0.25, 0.3) is 0 Å². The lowest BCUT2D eigenvalue weighted by Crippen LogP contribution is -2.49. The molecule has 156 valence electrons. The Labute approximate surface area is 171 Å². The predicted octanol–water partition coefficient (Wildman–Crippen LogP) is 2.22. The highest BCUT2D eigenvalue weighted by atomic mass is 16.2. The SMILES string of the molecule is Cc1ccc(NC(=O)C2CCCN(C(=O)C3CCN(C(=O)C4CC4)CC3)C2)nc1. The van der Waals surface area contributed by atoms with Gasteiger partial charge in [0.15, 0.2) is 0 Å². The number of hydrogen-bond donors (Lipinski definition) is 1. The normalized spacial score (nSPS) is 23.0. The molecule has 1 unspecified atom stereocenters. The molecule has 0 spiro atoms.